The predicted octanol–water partition coefficient (Wildman–Crippen LogP) is 4.06. The normalized spacial score (nSPS) is 40.4. The van der Waals surface area contributed by atoms with Crippen LogP contribution in [0.1, 0.15) is 144 Å². The molecule has 0 radical (unpaired) electrons. The first-order valence-corrected chi connectivity index (χ1v) is 24.3. The number of nitrogens with one attached hydrogen (secondary N) is 1. The molecule has 5 aliphatic rings. The number of carbonyl (C=O) groups is 3. The predicted molar refractivity (Wildman–Crippen MR) is 235 cm³/mol. The van der Waals surface area contributed by atoms with Crippen LogP contribution in [0, 0.1) is 41.4 Å². The molecule has 14 heteroatoms. The molecule has 0 aliphatic carbocycles. The third-order valence-corrected chi connectivity index (χ3v) is 16.4. The van der Waals surface area contributed by atoms with E-state index in [1.165, 1.54) is 0 Å². The fourth-order valence-corrected chi connectivity index (χ4v) is 11.7. The number of hydrogen-bond acceptors (Lipinski definition) is 11. The van der Waals surface area contributed by atoms with Crippen molar-refractivity contribution in [3.05, 3.63) is 46.5 Å². The number of aliphatic hydroxyl groups is 2. The van der Waals surface area contributed by atoms with Crippen LogP contribution in [0.4, 0.5) is 0 Å². The number of aliphatic hydroxyl groups excluding tert-OH is 1. The molecule has 4 saturated heterocycles. The van der Waals surface area contributed by atoms with E-state index in [4.69, 9.17) is 23.7 Å². The van der Waals surface area contributed by atoms with Gasteiger partial charge < -0.3 is 49.1 Å². The zero-order chi connectivity index (χ0) is 45.5. The largest absolute Gasteiger partial charge is 1.00 e. The Hall–Kier alpha value is -1.23. The molecule has 0 unspecified atom stereocenters. The molecule has 18 atom stereocenters. The number of carboxylic acids is 1. The molecule has 1 aromatic rings. The van der Waals surface area contributed by atoms with Gasteiger partial charge in [-0.2, -0.15) is 0 Å². The van der Waals surface area contributed by atoms with Crippen LogP contribution in [0.5, 0.6) is 0 Å². The Morgan fingerprint density at radius 1 is 0.905 bits per heavy atom. The van der Waals surface area contributed by atoms with Gasteiger partial charge >= 0.3 is 29.6 Å². The van der Waals surface area contributed by atoms with Crippen molar-refractivity contribution in [2.75, 3.05) is 0 Å². The first-order chi connectivity index (χ1) is 29.2. The van der Waals surface area contributed by atoms with E-state index >= 15 is 0 Å². The first kappa shape index (κ1) is 52.7. The number of amides is 1. The van der Waals surface area contributed by atoms with Crippen LogP contribution in [0.15, 0.2) is 40.9 Å². The van der Waals surface area contributed by atoms with Crippen molar-refractivity contribution >= 4 is 33.6 Å². The van der Waals surface area contributed by atoms with Crippen LogP contribution in [-0.2, 0) is 33.3 Å². The number of ether oxygens (including phenoxy) is 5. The Kier molecular flexibility index (Phi) is 17.5. The summed E-state index contributed by atoms with van der Waals surface area (Å²) in [6.45, 7) is 19.6. The molecule has 1 aromatic carbocycles. The van der Waals surface area contributed by atoms with E-state index in [1.807, 2.05) is 65.8 Å². The van der Waals surface area contributed by atoms with Gasteiger partial charge in [-0.1, -0.05) is 77.4 Å². The van der Waals surface area contributed by atoms with E-state index in [0.717, 1.165) is 10.9 Å². The Bertz CT molecular complexity index is 1780. The maximum atomic E-state index is 14.7. The number of benzene rings is 1. The standard InChI is InChI=1S/C49H74BrNO11.Na/c1-11-35(45(55)56)37-19-14-27(4)42(59-37)31(8)40(52)30(7)41(53)36(12-2)43-28(5)26-29(6)48(60-43)23-20-38(51-44(54)33-15-17-34(50)18-16-33)49(62-48)25-24-46(10,61-49)39-21-22-47(57,13-3)32(9)58-39;/h15-18,20,23,27-32,35-40,42-43,52,57H,11-14,19,21-22,24-26H2,1-10H3,(H,51,54)(H,55,56);/q;+1/p-1/t27-,28-,29+,30-,31-,32-,35+,36-,37+,38-,39+,40+,42+,43-,46-,47+,48-,49-;/m0./s1. The summed E-state index contributed by atoms with van der Waals surface area (Å²) in [5.41, 5.74) is -1.25. The van der Waals surface area contributed by atoms with E-state index in [-0.39, 0.29) is 65.1 Å². The third-order valence-electron chi connectivity index (χ3n) is 15.9. The van der Waals surface area contributed by atoms with Crippen LogP contribution in [0.2, 0.25) is 0 Å². The molecule has 6 rings (SSSR count). The topological polar surface area (TPSA) is 173 Å². The number of rotatable bonds is 14. The Morgan fingerprint density at radius 3 is 2.17 bits per heavy atom. The van der Waals surface area contributed by atoms with Gasteiger partial charge in [0.15, 0.2) is 11.6 Å². The first-order valence-electron chi connectivity index (χ1n) is 23.5. The smallest absolute Gasteiger partial charge is 0.550 e. The maximum Gasteiger partial charge on any atom is 1.00 e. The van der Waals surface area contributed by atoms with Gasteiger partial charge in [-0.25, -0.2) is 0 Å². The van der Waals surface area contributed by atoms with Gasteiger partial charge in [0.1, 0.15) is 11.8 Å². The van der Waals surface area contributed by atoms with Gasteiger partial charge in [-0.3, -0.25) is 9.59 Å². The minimum Gasteiger partial charge on any atom is -0.550 e. The molecule has 63 heavy (non-hydrogen) atoms. The van der Waals surface area contributed by atoms with Gasteiger partial charge in [0.25, 0.3) is 5.91 Å². The van der Waals surface area contributed by atoms with Crippen LogP contribution in [0.3, 0.4) is 0 Å². The Balaban J connectivity index is 0.00000748. The second-order valence-electron chi connectivity index (χ2n) is 19.9. The van der Waals surface area contributed by atoms with Gasteiger partial charge in [0.05, 0.1) is 47.8 Å². The molecule has 5 aliphatic heterocycles. The number of aliphatic carboxylic acids is 1. The van der Waals surface area contributed by atoms with Crippen molar-refractivity contribution in [1.82, 2.24) is 5.32 Å². The number of carbonyl (C=O) groups excluding carboxylic acids is 3. The number of carboxylic acid groups (broad SMARTS) is 1. The molecular weight excluding hydrogens is 881 g/mol. The van der Waals surface area contributed by atoms with Crippen molar-refractivity contribution in [3.8, 4) is 0 Å². The van der Waals surface area contributed by atoms with Gasteiger partial charge in [0.2, 0.25) is 0 Å². The summed E-state index contributed by atoms with van der Waals surface area (Å²) in [6, 6.07) is 6.45. The van der Waals surface area contributed by atoms with Crippen molar-refractivity contribution in [3.63, 3.8) is 0 Å². The van der Waals surface area contributed by atoms with Crippen molar-refractivity contribution in [2.24, 2.45) is 41.4 Å². The van der Waals surface area contributed by atoms with Crippen molar-refractivity contribution in [1.29, 1.82) is 0 Å². The number of hydrogen-bond donors (Lipinski definition) is 3. The summed E-state index contributed by atoms with van der Waals surface area (Å²) >= 11 is 3.46. The fourth-order valence-electron chi connectivity index (χ4n) is 11.5. The van der Waals surface area contributed by atoms with Crippen LogP contribution in [0.25, 0.3) is 0 Å². The molecule has 5 heterocycles. The van der Waals surface area contributed by atoms with Crippen LogP contribution < -0.4 is 40.0 Å². The molecule has 2 spiro atoms. The average molecular weight is 955 g/mol. The molecule has 1 amide bonds. The summed E-state index contributed by atoms with van der Waals surface area (Å²) in [7, 11) is 0. The average Bonchev–Trinajstić information content (AvgIpc) is 3.58. The van der Waals surface area contributed by atoms with E-state index in [0.29, 0.717) is 63.4 Å². The van der Waals surface area contributed by atoms with E-state index in [9.17, 15) is 29.7 Å². The molecule has 0 aromatic heterocycles. The van der Waals surface area contributed by atoms with Gasteiger partial charge in [-0.15, -0.1) is 0 Å². The number of Topliss-reactive ketones (excluding diaryl/α,β-unsaturated/α-hetero) is 1. The quantitative estimate of drug-likeness (QED) is 0.182. The zero-order valence-corrected chi connectivity index (χ0v) is 43.2. The zero-order valence-electron chi connectivity index (χ0n) is 39.6. The molecule has 12 nitrogen and oxygen atoms in total. The van der Waals surface area contributed by atoms with E-state index in [2.05, 4.69) is 42.0 Å². The molecule has 0 bridgehead atoms. The minimum atomic E-state index is -1.36. The molecule has 3 N–H and O–H groups in total. The second-order valence-corrected chi connectivity index (χ2v) is 20.8. The number of halogens is 1. The summed E-state index contributed by atoms with van der Waals surface area (Å²) in [4.78, 5) is 40.4. The summed E-state index contributed by atoms with van der Waals surface area (Å²) in [5.74, 6) is -6.79. The Labute approximate surface area is 406 Å². The number of ketones is 1. The SMILES string of the molecule is CC[C@@H](C(=O)[C@@H](C)[C@@H](O)[C@H](C)[C@@H]1O[C@@H]([C@@H](CC)C(=O)[O-])CC[C@@H]1C)[C@H]1O[C@]2(C=C[C@H](NC(=O)c3ccc(Br)cc3)[C@]3(CC[C@@](C)([C@H]4CC[C@](O)(CC)[C@H](C)O4)O3)O2)[C@H](C)C[C@@H]1C.[Na+]. The summed E-state index contributed by atoms with van der Waals surface area (Å²) in [6.07, 6.45) is 6.20. The van der Waals surface area contributed by atoms with E-state index < -0.39 is 89.0 Å². The molecule has 348 valence electrons. The minimum absolute atomic E-state index is 0. The second kappa shape index (κ2) is 21.0. The van der Waals surface area contributed by atoms with Gasteiger partial charge in [0, 0.05) is 52.0 Å². The van der Waals surface area contributed by atoms with E-state index in [1.54, 1.807) is 19.1 Å². The summed E-state index contributed by atoms with van der Waals surface area (Å²) < 4.78 is 35.4. The van der Waals surface area contributed by atoms with Gasteiger partial charge in [-0.05, 0) is 114 Å². The summed E-state index contributed by atoms with van der Waals surface area (Å²) in [5, 5.41) is 38.2. The Morgan fingerprint density at radius 2 is 1.57 bits per heavy atom. The fraction of sp³-hybridized carbons (Fsp3) is 0.776. The van der Waals surface area contributed by atoms with Crippen molar-refractivity contribution < 1.29 is 82.9 Å². The maximum absolute atomic E-state index is 14.7. The van der Waals surface area contributed by atoms with Crippen LogP contribution in [-0.4, -0.2) is 93.3 Å². The molecular formula is C49H73BrNNaO11. The monoisotopic (exact) mass is 953 g/mol. The van der Waals surface area contributed by atoms with Crippen molar-refractivity contribution in [2.45, 2.75) is 199 Å². The van der Waals surface area contributed by atoms with Crippen LogP contribution >= 0.6 is 15.9 Å². The third kappa shape index (κ3) is 10.6. The molecule has 0 saturated carbocycles. The molecule has 4 fully saturated rings.